The zero-order valence-corrected chi connectivity index (χ0v) is 20.8. The summed E-state index contributed by atoms with van der Waals surface area (Å²) in [6.07, 6.45) is -2.95. The molecule has 36 heavy (non-hydrogen) atoms. The van der Waals surface area contributed by atoms with Crippen LogP contribution >= 0.6 is 0 Å². The van der Waals surface area contributed by atoms with Gasteiger partial charge in [0.1, 0.15) is 17.0 Å². The van der Waals surface area contributed by atoms with E-state index in [2.05, 4.69) is 25.4 Å². The number of phenols is 1. The summed E-state index contributed by atoms with van der Waals surface area (Å²) in [5.74, 6) is -0.216. The van der Waals surface area contributed by atoms with E-state index < -0.39 is 23.1 Å². The van der Waals surface area contributed by atoms with Gasteiger partial charge in [-0.3, -0.25) is 4.90 Å². The minimum absolute atomic E-state index is 0.0841. The number of aromatic nitrogens is 3. The molecule has 0 radical (unpaired) electrons. The van der Waals surface area contributed by atoms with E-state index in [-0.39, 0.29) is 29.4 Å². The van der Waals surface area contributed by atoms with Crippen LogP contribution in [0.25, 0.3) is 11.3 Å². The highest BCUT2D eigenvalue weighted by atomic mass is 19.4. The van der Waals surface area contributed by atoms with Crippen molar-refractivity contribution in [3.05, 3.63) is 29.5 Å². The number of anilines is 1. The third kappa shape index (κ3) is 5.97. The highest BCUT2D eigenvalue weighted by molar-refractivity contribution is 5.70. The number of carbonyl (C=O) groups is 1. The Kier molecular flexibility index (Phi) is 7.00. The van der Waals surface area contributed by atoms with Gasteiger partial charge in [-0.05, 0) is 65.3 Å². The number of aryl methyl sites for hydroxylation is 1. The number of benzene rings is 1. The number of piperidine rings is 1. The smallest absolute Gasteiger partial charge is 0.416 e. The van der Waals surface area contributed by atoms with Gasteiger partial charge in [-0.1, -0.05) is 0 Å². The third-order valence-corrected chi connectivity index (χ3v) is 6.26. The van der Waals surface area contributed by atoms with Gasteiger partial charge < -0.3 is 20.1 Å². The van der Waals surface area contributed by atoms with Crippen molar-refractivity contribution in [2.45, 2.75) is 64.4 Å². The summed E-state index contributed by atoms with van der Waals surface area (Å²) in [7, 11) is 0. The van der Waals surface area contributed by atoms with Crippen molar-refractivity contribution in [1.29, 1.82) is 0 Å². The van der Waals surface area contributed by atoms with Crippen LogP contribution in [0.1, 0.15) is 44.9 Å². The monoisotopic (exact) mass is 508 g/mol. The van der Waals surface area contributed by atoms with Gasteiger partial charge in [-0.25, -0.2) is 9.78 Å². The number of hydrogen-bond donors (Lipinski definition) is 2. The molecule has 2 saturated heterocycles. The Morgan fingerprint density at radius 1 is 1.17 bits per heavy atom. The molecule has 2 aliphatic rings. The third-order valence-electron chi connectivity index (χ3n) is 6.26. The molecule has 1 aromatic heterocycles. The van der Waals surface area contributed by atoms with E-state index in [1.165, 1.54) is 6.07 Å². The number of nitrogens with zero attached hydrogens (tertiary/aromatic N) is 5. The van der Waals surface area contributed by atoms with E-state index in [1.54, 1.807) is 11.8 Å². The van der Waals surface area contributed by atoms with Crippen LogP contribution in [0.3, 0.4) is 0 Å². The Labute approximate surface area is 207 Å². The fourth-order valence-corrected chi connectivity index (χ4v) is 4.42. The van der Waals surface area contributed by atoms with E-state index in [0.717, 1.165) is 32.0 Å². The van der Waals surface area contributed by atoms with Gasteiger partial charge in [-0.2, -0.15) is 13.2 Å². The van der Waals surface area contributed by atoms with E-state index in [9.17, 15) is 23.1 Å². The van der Waals surface area contributed by atoms with Crippen molar-refractivity contribution in [1.82, 2.24) is 25.0 Å². The first kappa shape index (κ1) is 25.9. The lowest BCUT2D eigenvalue weighted by Crippen LogP contribution is -2.63. The van der Waals surface area contributed by atoms with Gasteiger partial charge in [0.25, 0.3) is 0 Å². The van der Waals surface area contributed by atoms with Crippen molar-refractivity contribution in [2.24, 2.45) is 0 Å². The molecule has 1 atom stereocenters. The fraction of sp³-hybridized carbons (Fsp3) is 0.583. The predicted octanol–water partition coefficient (Wildman–Crippen LogP) is 4.07. The molecule has 3 heterocycles. The minimum Gasteiger partial charge on any atom is -0.507 e. The molecule has 0 aliphatic carbocycles. The summed E-state index contributed by atoms with van der Waals surface area (Å²) in [6.45, 7) is 10.2. The molecule has 9 nitrogen and oxygen atoms in total. The van der Waals surface area contributed by atoms with Gasteiger partial charge in [-0.15, -0.1) is 10.2 Å². The number of phenolic OH excluding ortho intramolecular Hbond substituents is 1. The van der Waals surface area contributed by atoms with Gasteiger partial charge in [0.2, 0.25) is 5.95 Å². The van der Waals surface area contributed by atoms with Crippen molar-refractivity contribution >= 4 is 12.0 Å². The molecule has 0 unspecified atom stereocenters. The number of hydrogen-bond acceptors (Lipinski definition) is 8. The first-order chi connectivity index (χ1) is 16.8. The van der Waals surface area contributed by atoms with Crippen LogP contribution in [0.4, 0.5) is 23.9 Å². The molecule has 2 aliphatic heterocycles. The lowest BCUT2D eigenvalue weighted by molar-refractivity contribution is -0.137. The van der Waals surface area contributed by atoms with Crippen LogP contribution in [0.5, 0.6) is 5.75 Å². The van der Waals surface area contributed by atoms with E-state index in [1.807, 2.05) is 20.8 Å². The second kappa shape index (κ2) is 9.72. The number of halogens is 3. The maximum Gasteiger partial charge on any atom is 0.416 e. The highest BCUT2D eigenvalue weighted by Gasteiger charge is 2.38. The molecular formula is C24H31F3N6O3. The largest absolute Gasteiger partial charge is 0.507 e. The average Bonchev–Trinajstić information content (AvgIpc) is 2.71. The Balaban J connectivity index is 1.35. The molecule has 2 aromatic rings. The fourth-order valence-electron chi connectivity index (χ4n) is 4.42. The molecule has 4 rings (SSSR count). The normalized spacial score (nSPS) is 19.6. The van der Waals surface area contributed by atoms with Gasteiger partial charge in [0.05, 0.1) is 11.3 Å². The first-order valence-electron chi connectivity index (χ1n) is 11.9. The average molecular weight is 509 g/mol. The standard InChI is InChI=1S/C24H31F3N6O3/c1-14-20(18-8-7-15(10-19(18)34)24(25,26)27)30-31-21(28-14)29-16-6-5-9-32(11-16)17-12-33(13-17)22(35)36-23(2,3)4/h7-8,10,16-17,34H,5-6,9,11-13H2,1-4H3,(H,28,29,31)/t16-/m1/s1. The second-order valence-electron chi connectivity index (χ2n) is 10.3. The number of nitrogens with one attached hydrogen (secondary N) is 1. The van der Waals surface area contributed by atoms with Crippen molar-refractivity contribution in [2.75, 3.05) is 31.5 Å². The number of amides is 1. The number of rotatable bonds is 4. The van der Waals surface area contributed by atoms with Gasteiger partial charge in [0.15, 0.2) is 0 Å². The quantitative estimate of drug-likeness (QED) is 0.637. The minimum atomic E-state index is -4.55. The maximum absolute atomic E-state index is 12.9. The Morgan fingerprint density at radius 3 is 2.50 bits per heavy atom. The second-order valence-corrected chi connectivity index (χ2v) is 10.3. The molecular weight excluding hydrogens is 477 g/mol. The molecule has 1 aromatic carbocycles. The zero-order chi connectivity index (χ0) is 26.3. The number of ether oxygens (including phenoxy) is 1. The zero-order valence-electron chi connectivity index (χ0n) is 20.8. The topological polar surface area (TPSA) is 104 Å². The maximum atomic E-state index is 12.9. The van der Waals surface area contributed by atoms with Crippen molar-refractivity contribution in [3.8, 4) is 17.0 Å². The summed E-state index contributed by atoms with van der Waals surface area (Å²) in [4.78, 5) is 20.7. The van der Waals surface area contributed by atoms with Crippen molar-refractivity contribution in [3.63, 3.8) is 0 Å². The van der Waals surface area contributed by atoms with Crippen LogP contribution < -0.4 is 5.32 Å². The molecule has 0 bridgehead atoms. The molecule has 0 spiro atoms. The summed E-state index contributed by atoms with van der Waals surface area (Å²) in [6, 6.07) is 3.09. The van der Waals surface area contributed by atoms with Crippen LogP contribution in [-0.4, -0.2) is 80.0 Å². The Bertz CT molecular complexity index is 1120. The van der Waals surface area contributed by atoms with Crippen LogP contribution in [0, 0.1) is 6.92 Å². The lowest BCUT2D eigenvalue weighted by Gasteiger charge is -2.47. The van der Waals surface area contributed by atoms with Crippen LogP contribution in [-0.2, 0) is 10.9 Å². The van der Waals surface area contributed by atoms with Crippen LogP contribution in [0.2, 0.25) is 0 Å². The summed E-state index contributed by atoms with van der Waals surface area (Å²) >= 11 is 0. The molecule has 2 fully saturated rings. The van der Waals surface area contributed by atoms with Crippen LogP contribution in [0.15, 0.2) is 18.2 Å². The number of likely N-dealkylation sites (tertiary alicyclic amines) is 2. The number of carbonyl (C=O) groups excluding carboxylic acids is 1. The SMILES string of the molecule is Cc1nc(N[C@@H]2CCCN(C3CN(C(=O)OC(C)(C)C)C3)C2)nnc1-c1ccc(C(F)(F)F)cc1O. The van der Waals surface area contributed by atoms with Gasteiger partial charge in [0, 0.05) is 37.3 Å². The lowest BCUT2D eigenvalue weighted by atomic mass is 10.00. The Hall–Kier alpha value is -3.15. The van der Waals surface area contributed by atoms with E-state index in [0.29, 0.717) is 30.8 Å². The van der Waals surface area contributed by atoms with E-state index >= 15 is 0 Å². The summed E-state index contributed by atoms with van der Waals surface area (Å²) in [5.41, 5.74) is -0.676. The molecule has 196 valence electrons. The van der Waals surface area contributed by atoms with E-state index in [4.69, 9.17) is 4.74 Å². The summed E-state index contributed by atoms with van der Waals surface area (Å²) < 4.78 is 44.1. The molecule has 2 N–H and O–H groups in total. The molecule has 1 amide bonds. The molecule has 12 heteroatoms. The van der Waals surface area contributed by atoms with Crippen molar-refractivity contribution < 1.29 is 27.8 Å². The number of aromatic hydroxyl groups is 1. The predicted molar refractivity (Wildman–Crippen MR) is 126 cm³/mol. The summed E-state index contributed by atoms with van der Waals surface area (Å²) in [5, 5.41) is 21.7. The first-order valence-corrected chi connectivity index (χ1v) is 11.9. The molecule has 0 saturated carbocycles. The van der Waals surface area contributed by atoms with Gasteiger partial charge >= 0.3 is 12.3 Å². The highest BCUT2D eigenvalue weighted by Crippen LogP contribution is 2.36. The number of alkyl halides is 3. The Morgan fingerprint density at radius 2 is 1.89 bits per heavy atom.